The highest BCUT2D eigenvalue weighted by atomic mass is 16.4. The Morgan fingerprint density at radius 1 is 1.19 bits per heavy atom. The molecule has 0 heterocycles. The molecule has 0 saturated heterocycles. The lowest BCUT2D eigenvalue weighted by Gasteiger charge is -2.30. The number of nitrogens with one attached hydrogen (secondary N) is 2. The number of aliphatic carboxylic acids is 1. The van der Waals surface area contributed by atoms with Gasteiger partial charge in [-0.1, -0.05) is 19.3 Å². The molecule has 21 heavy (non-hydrogen) atoms. The number of nitrogens with zero attached hydrogens (tertiary/aromatic N) is 1. The molecule has 1 fully saturated rings. The molecule has 0 radical (unpaired) electrons. The Morgan fingerprint density at radius 2 is 1.76 bits per heavy atom. The van der Waals surface area contributed by atoms with E-state index >= 15 is 0 Å². The van der Waals surface area contributed by atoms with Crippen molar-refractivity contribution < 1.29 is 19.5 Å². The van der Waals surface area contributed by atoms with Crippen LogP contribution >= 0.6 is 0 Å². The molecule has 3 amide bonds. The number of urea groups is 1. The fourth-order valence-electron chi connectivity index (χ4n) is 2.21. The Bertz CT molecular complexity index is 403. The smallest absolute Gasteiger partial charge is 0.323 e. The van der Waals surface area contributed by atoms with E-state index in [1.807, 2.05) is 0 Å². The van der Waals surface area contributed by atoms with Crippen LogP contribution in [0.1, 0.15) is 46.0 Å². The van der Waals surface area contributed by atoms with Crippen LogP contribution in [0, 0.1) is 0 Å². The van der Waals surface area contributed by atoms with Gasteiger partial charge in [0.1, 0.15) is 5.54 Å². The summed E-state index contributed by atoms with van der Waals surface area (Å²) in [5.41, 5.74) is -1.17. The van der Waals surface area contributed by atoms with Crippen LogP contribution in [-0.4, -0.2) is 53.1 Å². The Hall–Kier alpha value is -1.63. The van der Waals surface area contributed by atoms with Gasteiger partial charge in [0.05, 0.1) is 6.54 Å². The lowest BCUT2D eigenvalue weighted by atomic mass is 9.96. The molecule has 1 aliphatic rings. The first-order chi connectivity index (χ1) is 9.73. The van der Waals surface area contributed by atoms with E-state index in [9.17, 15) is 14.4 Å². The third kappa shape index (κ3) is 5.34. The maximum atomic E-state index is 11.8. The number of carbonyl (C=O) groups is 3. The van der Waals surface area contributed by atoms with Gasteiger partial charge in [0.2, 0.25) is 5.91 Å². The largest absolute Gasteiger partial charge is 0.480 e. The van der Waals surface area contributed by atoms with Crippen LogP contribution in [0.2, 0.25) is 0 Å². The van der Waals surface area contributed by atoms with E-state index < -0.39 is 23.4 Å². The van der Waals surface area contributed by atoms with Crippen LogP contribution in [0.3, 0.4) is 0 Å². The van der Waals surface area contributed by atoms with Crippen molar-refractivity contribution >= 4 is 17.9 Å². The molecule has 1 saturated carbocycles. The highest BCUT2D eigenvalue weighted by Gasteiger charge is 2.33. The predicted octanol–water partition coefficient (Wildman–Crippen LogP) is 0.940. The molecule has 3 N–H and O–H groups in total. The molecule has 7 nitrogen and oxygen atoms in total. The monoisotopic (exact) mass is 299 g/mol. The summed E-state index contributed by atoms with van der Waals surface area (Å²) in [5, 5.41) is 14.1. The molecule has 0 aromatic carbocycles. The Kier molecular flexibility index (Phi) is 6.14. The summed E-state index contributed by atoms with van der Waals surface area (Å²) < 4.78 is 0. The van der Waals surface area contributed by atoms with E-state index in [0.717, 1.165) is 25.7 Å². The highest BCUT2D eigenvalue weighted by molar-refractivity contribution is 5.95. The van der Waals surface area contributed by atoms with Gasteiger partial charge in [-0.3, -0.25) is 19.8 Å². The number of carboxylic acids is 1. The summed E-state index contributed by atoms with van der Waals surface area (Å²) in [6, 6.07) is -0.381. The second kappa shape index (κ2) is 7.40. The number of hydrogen-bond acceptors (Lipinski definition) is 4. The van der Waals surface area contributed by atoms with Crippen molar-refractivity contribution in [3.05, 3.63) is 0 Å². The molecular weight excluding hydrogens is 274 g/mol. The molecule has 1 aliphatic carbocycles. The van der Waals surface area contributed by atoms with E-state index in [2.05, 4.69) is 10.6 Å². The summed E-state index contributed by atoms with van der Waals surface area (Å²) in [7, 11) is 1.53. The van der Waals surface area contributed by atoms with E-state index in [-0.39, 0.29) is 12.6 Å². The van der Waals surface area contributed by atoms with Crippen LogP contribution in [0.5, 0.6) is 0 Å². The van der Waals surface area contributed by atoms with Gasteiger partial charge >= 0.3 is 12.0 Å². The Balaban J connectivity index is 2.38. The number of carboxylic acid groups (broad SMARTS) is 1. The molecule has 120 valence electrons. The number of rotatable bonds is 5. The summed E-state index contributed by atoms with van der Waals surface area (Å²) >= 11 is 0. The van der Waals surface area contributed by atoms with Crippen molar-refractivity contribution in [1.82, 2.24) is 15.5 Å². The molecule has 0 unspecified atom stereocenters. The van der Waals surface area contributed by atoms with E-state index in [0.29, 0.717) is 0 Å². The molecular formula is C14H25N3O4. The predicted molar refractivity (Wildman–Crippen MR) is 77.9 cm³/mol. The zero-order valence-electron chi connectivity index (χ0n) is 12.9. The topological polar surface area (TPSA) is 98.7 Å². The lowest BCUT2D eigenvalue weighted by Crippen LogP contribution is -2.53. The van der Waals surface area contributed by atoms with Crippen LogP contribution in [0.4, 0.5) is 4.79 Å². The van der Waals surface area contributed by atoms with Crippen molar-refractivity contribution in [1.29, 1.82) is 0 Å². The third-order valence-corrected chi connectivity index (χ3v) is 4.05. The minimum Gasteiger partial charge on any atom is -0.480 e. The summed E-state index contributed by atoms with van der Waals surface area (Å²) in [4.78, 5) is 35.9. The van der Waals surface area contributed by atoms with Gasteiger partial charge in [0.25, 0.3) is 0 Å². The number of likely N-dealkylation sites (N-methyl/N-ethyl adjacent to an activating group) is 1. The number of amides is 3. The first-order valence-electron chi connectivity index (χ1n) is 7.28. The zero-order chi connectivity index (χ0) is 16.0. The molecule has 0 aromatic heterocycles. The number of imide groups is 1. The van der Waals surface area contributed by atoms with Crippen LogP contribution in [0.25, 0.3) is 0 Å². The van der Waals surface area contributed by atoms with Gasteiger partial charge in [-0.05, 0) is 33.7 Å². The van der Waals surface area contributed by atoms with Crippen LogP contribution in [0.15, 0.2) is 0 Å². The second-order valence-electron chi connectivity index (χ2n) is 6.08. The SMILES string of the molecule is CN(CC(=O)NC(=O)NC1CCCCC1)C(C)(C)C(=O)O. The van der Waals surface area contributed by atoms with Gasteiger partial charge in [-0.2, -0.15) is 0 Å². The molecule has 0 atom stereocenters. The fraction of sp³-hybridized carbons (Fsp3) is 0.786. The first kappa shape index (κ1) is 17.4. The van der Waals surface area contributed by atoms with Crippen molar-refractivity contribution in [3.63, 3.8) is 0 Å². The van der Waals surface area contributed by atoms with Crippen molar-refractivity contribution in [2.45, 2.75) is 57.5 Å². The molecule has 0 spiro atoms. The normalized spacial score (nSPS) is 16.6. The minimum absolute atomic E-state index is 0.125. The van der Waals surface area contributed by atoms with Gasteiger partial charge in [-0.15, -0.1) is 0 Å². The second-order valence-corrected chi connectivity index (χ2v) is 6.08. The summed E-state index contributed by atoms with van der Waals surface area (Å²) in [6.07, 6.45) is 5.25. The maximum Gasteiger partial charge on any atom is 0.323 e. The average Bonchev–Trinajstić information content (AvgIpc) is 2.38. The molecule has 0 bridgehead atoms. The minimum atomic E-state index is -1.17. The molecule has 0 aromatic rings. The quantitative estimate of drug-likeness (QED) is 0.701. The Morgan fingerprint density at radius 3 is 2.29 bits per heavy atom. The number of hydrogen-bond donors (Lipinski definition) is 3. The van der Waals surface area contributed by atoms with Crippen LogP contribution in [-0.2, 0) is 9.59 Å². The van der Waals surface area contributed by atoms with Gasteiger partial charge in [0, 0.05) is 6.04 Å². The van der Waals surface area contributed by atoms with E-state index in [1.165, 1.54) is 32.2 Å². The van der Waals surface area contributed by atoms with Crippen molar-refractivity contribution in [3.8, 4) is 0 Å². The van der Waals surface area contributed by atoms with E-state index in [4.69, 9.17) is 5.11 Å². The van der Waals surface area contributed by atoms with Crippen molar-refractivity contribution in [2.75, 3.05) is 13.6 Å². The third-order valence-electron chi connectivity index (χ3n) is 4.05. The van der Waals surface area contributed by atoms with E-state index in [1.54, 1.807) is 0 Å². The maximum absolute atomic E-state index is 11.8. The van der Waals surface area contributed by atoms with Crippen LogP contribution < -0.4 is 10.6 Å². The zero-order valence-corrected chi connectivity index (χ0v) is 12.9. The fourth-order valence-corrected chi connectivity index (χ4v) is 2.21. The molecule has 0 aliphatic heterocycles. The summed E-state index contributed by atoms with van der Waals surface area (Å²) in [6.45, 7) is 2.85. The van der Waals surface area contributed by atoms with Gasteiger partial charge < -0.3 is 10.4 Å². The van der Waals surface area contributed by atoms with Gasteiger partial charge in [0.15, 0.2) is 0 Å². The first-order valence-corrected chi connectivity index (χ1v) is 7.28. The Labute approximate surface area is 125 Å². The number of carbonyl (C=O) groups excluding carboxylic acids is 2. The van der Waals surface area contributed by atoms with Gasteiger partial charge in [-0.25, -0.2) is 4.79 Å². The molecule has 7 heteroatoms. The summed E-state index contributed by atoms with van der Waals surface area (Å²) in [5.74, 6) is -1.54. The lowest BCUT2D eigenvalue weighted by molar-refractivity contribution is -0.149. The average molecular weight is 299 g/mol. The standard InChI is InChI=1S/C14H25N3O4/c1-14(2,12(19)20)17(3)9-11(18)16-13(21)15-10-7-5-4-6-8-10/h10H,4-9H2,1-3H3,(H,19,20)(H2,15,16,18,21). The highest BCUT2D eigenvalue weighted by Crippen LogP contribution is 2.17. The molecule has 1 rings (SSSR count). The van der Waals surface area contributed by atoms with Crippen molar-refractivity contribution in [2.24, 2.45) is 0 Å².